The number of nitrogens with one attached hydrogen (secondary N) is 1. The smallest absolute Gasteiger partial charge is 0.228 e. The summed E-state index contributed by atoms with van der Waals surface area (Å²) in [6.07, 6.45) is 0.123. The van der Waals surface area contributed by atoms with Crippen molar-refractivity contribution in [3.8, 4) is 6.07 Å². The summed E-state index contributed by atoms with van der Waals surface area (Å²) in [5.74, 6) is -0.798. The van der Waals surface area contributed by atoms with Crippen molar-refractivity contribution < 1.29 is 9.18 Å². The van der Waals surface area contributed by atoms with Crippen LogP contribution < -0.4 is 5.32 Å². The molecule has 0 heterocycles. The lowest BCUT2D eigenvalue weighted by Gasteiger charge is -2.07. The zero-order valence-electron chi connectivity index (χ0n) is 10.4. The minimum atomic E-state index is -0.485. The lowest BCUT2D eigenvalue weighted by Crippen LogP contribution is -2.15. The van der Waals surface area contributed by atoms with E-state index in [9.17, 15) is 9.18 Å². The molecule has 1 N–H and O–H groups in total. The van der Waals surface area contributed by atoms with Crippen LogP contribution in [-0.4, -0.2) is 5.91 Å². The first-order valence-corrected chi connectivity index (χ1v) is 6.62. The summed E-state index contributed by atoms with van der Waals surface area (Å²) in [5.41, 5.74) is 1.43. The van der Waals surface area contributed by atoms with Crippen LogP contribution in [0, 0.1) is 17.1 Å². The maximum absolute atomic E-state index is 13.5. The first-order chi connectivity index (χ1) is 9.58. The number of benzene rings is 2. The van der Waals surface area contributed by atoms with Gasteiger partial charge in [-0.15, -0.1) is 0 Å². The molecule has 0 aromatic heterocycles. The molecule has 0 saturated heterocycles. The molecule has 0 unspecified atom stereocenters. The van der Waals surface area contributed by atoms with Crippen molar-refractivity contribution in [1.29, 1.82) is 5.26 Å². The molecular weight excluding hydrogens is 323 g/mol. The Bertz CT molecular complexity index is 677. The highest BCUT2D eigenvalue weighted by molar-refractivity contribution is 9.10. The minimum Gasteiger partial charge on any atom is -0.323 e. The van der Waals surface area contributed by atoms with E-state index < -0.39 is 5.82 Å². The predicted octanol–water partition coefficient (Wildman–Crippen LogP) is 3.64. The summed E-state index contributed by atoms with van der Waals surface area (Å²) in [5, 5.41) is 11.2. The van der Waals surface area contributed by atoms with Gasteiger partial charge in [-0.1, -0.05) is 28.1 Å². The number of rotatable bonds is 3. The molecule has 2 aromatic rings. The maximum atomic E-state index is 13.5. The highest BCUT2D eigenvalue weighted by atomic mass is 79.9. The predicted molar refractivity (Wildman–Crippen MR) is 77.6 cm³/mol. The minimum absolute atomic E-state index is 0.123. The Labute approximate surface area is 124 Å². The molecule has 0 aliphatic rings. The fourth-order valence-corrected chi connectivity index (χ4v) is 2.03. The summed E-state index contributed by atoms with van der Waals surface area (Å²) >= 11 is 3.22. The molecule has 0 bridgehead atoms. The molecule has 2 rings (SSSR count). The zero-order chi connectivity index (χ0) is 14.5. The molecule has 0 spiro atoms. The number of hydrogen-bond acceptors (Lipinski definition) is 2. The van der Waals surface area contributed by atoms with E-state index in [-0.39, 0.29) is 18.0 Å². The molecule has 0 atom stereocenters. The van der Waals surface area contributed by atoms with Crippen LogP contribution in [0.15, 0.2) is 46.9 Å². The zero-order valence-corrected chi connectivity index (χ0v) is 11.9. The van der Waals surface area contributed by atoms with Gasteiger partial charge < -0.3 is 5.32 Å². The maximum Gasteiger partial charge on any atom is 0.228 e. The molecule has 0 radical (unpaired) electrons. The van der Waals surface area contributed by atoms with Crippen molar-refractivity contribution in [2.45, 2.75) is 6.42 Å². The number of nitrogens with zero attached hydrogens (tertiary/aromatic N) is 1. The summed E-state index contributed by atoms with van der Waals surface area (Å²) in [6.45, 7) is 0. The molecule has 2 aromatic carbocycles. The van der Waals surface area contributed by atoms with Crippen LogP contribution in [-0.2, 0) is 11.2 Å². The normalized spacial score (nSPS) is 9.85. The van der Waals surface area contributed by atoms with Crippen molar-refractivity contribution in [1.82, 2.24) is 0 Å². The van der Waals surface area contributed by atoms with E-state index in [2.05, 4.69) is 21.2 Å². The molecule has 0 aliphatic heterocycles. The summed E-state index contributed by atoms with van der Waals surface area (Å²) in [4.78, 5) is 11.8. The van der Waals surface area contributed by atoms with Crippen molar-refractivity contribution >= 4 is 27.5 Å². The van der Waals surface area contributed by atoms with Crippen LogP contribution in [0.3, 0.4) is 0 Å². The van der Waals surface area contributed by atoms with Gasteiger partial charge in [0.2, 0.25) is 5.91 Å². The van der Waals surface area contributed by atoms with E-state index in [1.165, 1.54) is 12.1 Å². The van der Waals surface area contributed by atoms with E-state index in [0.717, 1.165) is 5.56 Å². The van der Waals surface area contributed by atoms with E-state index in [1.54, 1.807) is 30.3 Å². The van der Waals surface area contributed by atoms with E-state index >= 15 is 0 Å². The second-order valence-electron chi connectivity index (χ2n) is 4.16. The molecule has 0 fully saturated rings. The Kier molecular flexibility index (Phi) is 4.49. The van der Waals surface area contributed by atoms with Gasteiger partial charge in [-0.25, -0.2) is 4.39 Å². The van der Waals surface area contributed by atoms with Gasteiger partial charge >= 0.3 is 0 Å². The average Bonchev–Trinajstić information content (AvgIpc) is 2.43. The van der Waals surface area contributed by atoms with Crippen LogP contribution in [0.4, 0.5) is 10.1 Å². The van der Waals surface area contributed by atoms with Gasteiger partial charge in [0.25, 0.3) is 0 Å². The number of carbonyl (C=O) groups excluding carboxylic acids is 1. The average molecular weight is 333 g/mol. The molecule has 0 saturated carbocycles. The Balaban J connectivity index is 2.05. The molecule has 0 aliphatic carbocycles. The Morgan fingerprint density at radius 1 is 1.25 bits per heavy atom. The molecule has 1 amide bonds. The molecule has 100 valence electrons. The first-order valence-electron chi connectivity index (χ1n) is 5.82. The molecule has 5 heteroatoms. The third-order valence-corrected chi connectivity index (χ3v) is 3.14. The highest BCUT2D eigenvalue weighted by Gasteiger charge is 2.08. The summed E-state index contributed by atoms with van der Waals surface area (Å²) in [6, 6.07) is 13.0. The van der Waals surface area contributed by atoms with Crippen LogP contribution in [0.2, 0.25) is 0 Å². The number of halogens is 2. The molecule has 3 nitrogen and oxygen atoms in total. The van der Waals surface area contributed by atoms with E-state index in [4.69, 9.17) is 5.26 Å². The van der Waals surface area contributed by atoms with Gasteiger partial charge in [-0.3, -0.25) is 4.79 Å². The summed E-state index contributed by atoms with van der Waals surface area (Å²) < 4.78 is 14.2. The van der Waals surface area contributed by atoms with Crippen molar-refractivity contribution in [2.24, 2.45) is 0 Å². The lowest BCUT2D eigenvalue weighted by molar-refractivity contribution is -0.115. The number of hydrogen-bond donors (Lipinski definition) is 1. The third kappa shape index (κ3) is 3.65. The Morgan fingerprint density at radius 3 is 2.60 bits per heavy atom. The van der Waals surface area contributed by atoms with Gasteiger partial charge in [-0.2, -0.15) is 5.26 Å². The fraction of sp³-hybridized carbons (Fsp3) is 0.0667. The van der Waals surface area contributed by atoms with Gasteiger partial charge in [0.15, 0.2) is 0 Å². The van der Waals surface area contributed by atoms with Crippen LogP contribution >= 0.6 is 15.9 Å². The number of carbonyl (C=O) groups is 1. The van der Waals surface area contributed by atoms with Crippen molar-refractivity contribution in [3.63, 3.8) is 0 Å². The van der Waals surface area contributed by atoms with Crippen LogP contribution in [0.1, 0.15) is 11.1 Å². The lowest BCUT2D eigenvalue weighted by atomic mass is 10.1. The van der Waals surface area contributed by atoms with Gasteiger partial charge in [-0.05, 0) is 35.9 Å². The fourth-order valence-electron chi connectivity index (χ4n) is 1.67. The standard InChI is InChI=1S/C15H10BrFN2O/c16-12-5-6-13(17)14(8-12)19-15(20)7-10-1-3-11(9-18)4-2-10/h1-6,8H,7H2,(H,19,20). The van der Waals surface area contributed by atoms with Crippen molar-refractivity contribution in [3.05, 3.63) is 63.9 Å². The second kappa shape index (κ2) is 6.31. The van der Waals surface area contributed by atoms with Gasteiger partial charge in [0, 0.05) is 4.47 Å². The quantitative estimate of drug-likeness (QED) is 0.932. The molecule has 20 heavy (non-hydrogen) atoms. The molecular formula is C15H10BrFN2O. The van der Waals surface area contributed by atoms with Gasteiger partial charge in [0.05, 0.1) is 23.7 Å². The largest absolute Gasteiger partial charge is 0.323 e. The third-order valence-electron chi connectivity index (χ3n) is 2.65. The number of amides is 1. The van der Waals surface area contributed by atoms with Gasteiger partial charge in [0.1, 0.15) is 5.82 Å². The highest BCUT2D eigenvalue weighted by Crippen LogP contribution is 2.20. The Hall–Kier alpha value is -2.19. The van der Waals surface area contributed by atoms with Crippen molar-refractivity contribution in [2.75, 3.05) is 5.32 Å². The number of nitriles is 1. The van der Waals surface area contributed by atoms with Crippen LogP contribution in [0.5, 0.6) is 0 Å². The Morgan fingerprint density at radius 2 is 1.95 bits per heavy atom. The monoisotopic (exact) mass is 332 g/mol. The first kappa shape index (κ1) is 14.2. The van der Waals surface area contributed by atoms with E-state index in [1.807, 2.05) is 6.07 Å². The second-order valence-corrected chi connectivity index (χ2v) is 5.07. The summed E-state index contributed by atoms with van der Waals surface area (Å²) in [7, 11) is 0. The number of anilines is 1. The SMILES string of the molecule is N#Cc1ccc(CC(=O)Nc2cc(Br)ccc2F)cc1. The van der Waals surface area contributed by atoms with E-state index in [0.29, 0.717) is 10.0 Å². The van der Waals surface area contributed by atoms with Crippen LogP contribution in [0.25, 0.3) is 0 Å². The topological polar surface area (TPSA) is 52.9 Å².